The number of benzene rings is 1. The number of hydrogen-bond donors (Lipinski definition) is 3. The lowest BCUT2D eigenvalue weighted by atomic mass is 9.86. The molecule has 1 unspecified atom stereocenters. The van der Waals surface area contributed by atoms with Gasteiger partial charge in [0.05, 0.1) is 36.8 Å². The molecular formula is C25H33N7O3S2. The second kappa shape index (κ2) is 10.4. The summed E-state index contributed by atoms with van der Waals surface area (Å²) < 4.78 is 29.2. The predicted octanol–water partition coefficient (Wildman–Crippen LogP) is 5.41. The number of anilines is 2. The Labute approximate surface area is 221 Å². The molecule has 37 heavy (non-hydrogen) atoms. The van der Waals surface area contributed by atoms with Crippen LogP contribution in [0.2, 0.25) is 0 Å². The minimum Gasteiger partial charge on any atom is -0.447 e. The van der Waals surface area contributed by atoms with Crippen molar-refractivity contribution in [2.75, 3.05) is 5.32 Å². The molecule has 2 aliphatic carbocycles. The summed E-state index contributed by atoms with van der Waals surface area (Å²) in [6, 6.07) is 5.80. The van der Waals surface area contributed by atoms with E-state index in [1.807, 2.05) is 38.2 Å². The Bertz CT molecular complexity index is 1370. The SMILES string of the molecule is CC(C)OC(=O)NC1CCC(c2ncc(-c3ccc(Nc4cn(C)nn4)cc3S(=N)(=O)C3CC3)s2)CC1. The van der Waals surface area contributed by atoms with E-state index < -0.39 is 9.73 Å². The normalized spacial score (nSPS) is 21.4. The molecule has 2 heterocycles. The average molecular weight is 544 g/mol. The maximum atomic E-state index is 13.6. The third-order valence-corrected chi connectivity index (χ3v) is 10.3. The minimum atomic E-state index is -2.95. The monoisotopic (exact) mass is 543 g/mol. The predicted molar refractivity (Wildman–Crippen MR) is 144 cm³/mol. The number of rotatable bonds is 8. The van der Waals surface area contributed by atoms with Crippen LogP contribution in [-0.4, -0.2) is 47.7 Å². The summed E-state index contributed by atoms with van der Waals surface area (Å²) in [5.41, 5.74) is 1.54. The molecule has 2 fully saturated rings. The molecule has 1 aromatic carbocycles. The molecule has 10 nitrogen and oxygen atoms in total. The zero-order valence-corrected chi connectivity index (χ0v) is 22.9. The molecule has 2 aliphatic rings. The van der Waals surface area contributed by atoms with E-state index in [1.165, 1.54) is 0 Å². The van der Waals surface area contributed by atoms with Crippen molar-refractivity contribution in [3.63, 3.8) is 0 Å². The van der Waals surface area contributed by atoms with Crippen molar-refractivity contribution >= 4 is 38.7 Å². The number of nitrogens with one attached hydrogen (secondary N) is 3. The number of ether oxygens (including phenoxy) is 1. The third kappa shape index (κ3) is 5.96. The highest BCUT2D eigenvalue weighted by Gasteiger charge is 2.36. The lowest BCUT2D eigenvalue weighted by molar-refractivity contribution is 0.109. The molecule has 5 rings (SSSR count). The molecule has 12 heteroatoms. The summed E-state index contributed by atoms with van der Waals surface area (Å²) in [6.45, 7) is 3.68. The fourth-order valence-corrected chi connectivity index (χ4v) is 7.84. The van der Waals surface area contributed by atoms with Crippen LogP contribution in [0.3, 0.4) is 0 Å². The number of carbonyl (C=O) groups is 1. The first-order chi connectivity index (χ1) is 17.7. The van der Waals surface area contributed by atoms with Crippen molar-refractivity contribution in [1.29, 1.82) is 4.78 Å². The van der Waals surface area contributed by atoms with Crippen molar-refractivity contribution in [2.45, 2.75) is 80.6 Å². The molecule has 0 saturated heterocycles. The zero-order valence-electron chi connectivity index (χ0n) is 21.3. The van der Waals surface area contributed by atoms with E-state index in [2.05, 4.69) is 20.9 Å². The van der Waals surface area contributed by atoms with Crippen molar-refractivity contribution in [3.05, 3.63) is 35.6 Å². The second-order valence-electron chi connectivity index (χ2n) is 10.1. The average Bonchev–Trinajstić information content (AvgIpc) is 3.48. The van der Waals surface area contributed by atoms with Crippen LogP contribution in [0, 0.1) is 4.78 Å². The first kappa shape index (κ1) is 25.7. The van der Waals surface area contributed by atoms with Crippen LogP contribution in [0.15, 0.2) is 35.5 Å². The summed E-state index contributed by atoms with van der Waals surface area (Å²) >= 11 is 1.61. The van der Waals surface area contributed by atoms with Gasteiger partial charge in [-0.2, -0.15) is 0 Å². The van der Waals surface area contributed by atoms with Gasteiger partial charge in [-0.3, -0.25) is 4.68 Å². The van der Waals surface area contributed by atoms with Gasteiger partial charge in [-0.05, 0) is 64.5 Å². The van der Waals surface area contributed by atoms with Gasteiger partial charge in [-0.25, -0.2) is 18.8 Å². The summed E-state index contributed by atoms with van der Waals surface area (Å²) in [4.78, 5) is 18.1. The smallest absolute Gasteiger partial charge is 0.407 e. The van der Waals surface area contributed by atoms with Gasteiger partial charge in [0.1, 0.15) is 0 Å². The van der Waals surface area contributed by atoms with Gasteiger partial charge < -0.3 is 15.4 Å². The first-order valence-electron chi connectivity index (χ1n) is 12.7. The number of hydrogen-bond acceptors (Lipinski definition) is 9. The number of carbonyl (C=O) groups excluding carboxylic acids is 1. The highest BCUT2D eigenvalue weighted by Crippen LogP contribution is 2.43. The van der Waals surface area contributed by atoms with Gasteiger partial charge in [-0.1, -0.05) is 11.3 Å². The molecule has 1 atom stereocenters. The van der Waals surface area contributed by atoms with Crippen LogP contribution in [0.5, 0.6) is 0 Å². The first-order valence-corrected chi connectivity index (χ1v) is 15.1. The lowest BCUT2D eigenvalue weighted by Gasteiger charge is -2.28. The highest BCUT2D eigenvalue weighted by atomic mass is 32.2. The van der Waals surface area contributed by atoms with E-state index in [9.17, 15) is 9.00 Å². The Hall–Kier alpha value is -2.99. The molecule has 0 bridgehead atoms. The van der Waals surface area contributed by atoms with Gasteiger partial charge in [0.25, 0.3) is 0 Å². The molecule has 2 aromatic heterocycles. The van der Waals surface area contributed by atoms with Crippen LogP contribution >= 0.6 is 11.3 Å². The van der Waals surface area contributed by atoms with Crippen molar-refractivity contribution in [3.8, 4) is 10.4 Å². The maximum Gasteiger partial charge on any atom is 0.407 e. The zero-order chi connectivity index (χ0) is 26.2. The Morgan fingerprint density at radius 3 is 2.62 bits per heavy atom. The molecular weight excluding hydrogens is 510 g/mol. The van der Waals surface area contributed by atoms with E-state index in [1.54, 1.807) is 29.3 Å². The van der Waals surface area contributed by atoms with Gasteiger partial charge in [-0.15, -0.1) is 16.4 Å². The second-order valence-corrected chi connectivity index (χ2v) is 13.5. The molecule has 198 valence electrons. The topological polar surface area (TPSA) is 135 Å². The van der Waals surface area contributed by atoms with Gasteiger partial charge in [0.2, 0.25) is 0 Å². The molecule has 3 aromatic rings. The van der Waals surface area contributed by atoms with Crippen LogP contribution in [-0.2, 0) is 21.5 Å². The molecule has 2 saturated carbocycles. The standard InChI is InChI=1S/C25H33N7O3S2/c1-15(2)35-25(33)29-17-6-4-16(5-7-17)24-27-13-21(36-24)20-11-8-18(28-23-14-32(3)31-30-23)12-22(20)37(26,34)19-9-10-19/h8,11-17,19,26,28H,4-7,9-10H2,1-3H3,(H,29,33). The number of nitrogens with zero attached hydrogens (tertiary/aromatic N) is 4. The van der Waals surface area contributed by atoms with Crippen molar-refractivity contribution in [1.82, 2.24) is 25.3 Å². The van der Waals surface area contributed by atoms with Gasteiger partial charge >= 0.3 is 6.09 Å². The van der Waals surface area contributed by atoms with Crippen LogP contribution < -0.4 is 10.6 Å². The highest BCUT2D eigenvalue weighted by molar-refractivity contribution is 7.93. The Kier molecular flexibility index (Phi) is 7.21. The number of aryl methyl sites for hydroxylation is 1. The minimum absolute atomic E-state index is 0.101. The number of thiazole rings is 1. The molecule has 0 radical (unpaired) electrons. The summed E-state index contributed by atoms with van der Waals surface area (Å²) in [5.74, 6) is 0.912. The lowest BCUT2D eigenvalue weighted by Crippen LogP contribution is -2.38. The van der Waals surface area contributed by atoms with Gasteiger partial charge in [0.15, 0.2) is 5.82 Å². The van der Waals surface area contributed by atoms with E-state index in [-0.39, 0.29) is 23.5 Å². The fourth-order valence-electron chi connectivity index (χ4n) is 4.69. The van der Waals surface area contributed by atoms with Crippen molar-refractivity contribution in [2.24, 2.45) is 7.05 Å². The third-order valence-electron chi connectivity index (χ3n) is 6.71. The van der Waals surface area contributed by atoms with E-state index in [0.29, 0.717) is 16.6 Å². The summed E-state index contributed by atoms with van der Waals surface area (Å²) in [5, 5.41) is 15.1. The van der Waals surface area contributed by atoms with Gasteiger partial charge in [0, 0.05) is 41.7 Å². The van der Waals surface area contributed by atoms with Crippen LogP contribution in [0.4, 0.5) is 16.3 Å². The summed E-state index contributed by atoms with van der Waals surface area (Å²) in [7, 11) is -1.16. The largest absolute Gasteiger partial charge is 0.447 e. The van der Waals surface area contributed by atoms with E-state index in [4.69, 9.17) is 14.5 Å². The van der Waals surface area contributed by atoms with Crippen LogP contribution in [0.25, 0.3) is 10.4 Å². The van der Waals surface area contributed by atoms with E-state index >= 15 is 0 Å². The maximum absolute atomic E-state index is 13.6. The number of alkyl carbamates (subject to hydrolysis) is 1. The quantitative estimate of drug-likeness (QED) is 0.346. The Morgan fingerprint density at radius 1 is 1.22 bits per heavy atom. The molecule has 0 aliphatic heterocycles. The molecule has 3 N–H and O–H groups in total. The summed E-state index contributed by atoms with van der Waals surface area (Å²) in [6.07, 6.45) is 8.39. The van der Waals surface area contributed by atoms with Crippen LogP contribution in [0.1, 0.15) is 63.3 Å². The van der Waals surface area contributed by atoms with E-state index in [0.717, 1.165) is 59.7 Å². The fraction of sp³-hybridized carbons (Fsp3) is 0.520. The Balaban J connectivity index is 1.33. The number of amides is 1. The molecule has 0 spiro atoms. The Morgan fingerprint density at radius 2 is 1.97 bits per heavy atom. The molecule has 1 amide bonds. The number of aromatic nitrogens is 4. The van der Waals surface area contributed by atoms with Crippen molar-refractivity contribution < 1.29 is 13.7 Å².